The van der Waals surface area contributed by atoms with E-state index >= 15 is 0 Å². The van der Waals surface area contributed by atoms with Crippen LogP contribution in [0.2, 0.25) is 10.0 Å². The van der Waals surface area contributed by atoms with Gasteiger partial charge in [-0.25, -0.2) is 0 Å². The molecule has 0 fully saturated rings. The van der Waals surface area contributed by atoms with Crippen molar-refractivity contribution < 1.29 is 9.59 Å². The van der Waals surface area contributed by atoms with Gasteiger partial charge in [0.05, 0.1) is 0 Å². The first-order valence-electron chi connectivity index (χ1n) is 13.0. The molecule has 196 valence electrons. The van der Waals surface area contributed by atoms with E-state index in [0.717, 1.165) is 30.4 Å². The quantitative estimate of drug-likeness (QED) is 0.237. The van der Waals surface area contributed by atoms with Crippen molar-refractivity contribution in [3.8, 4) is 0 Å². The Kier molecular flexibility index (Phi) is 11.5. The number of carbonyl (C=O) groups is 2. The van der Waals surface area contributed by atoms with E-state index in [1.54, 1.807) is 23.1 Å². The molecule has 0 bridgehead atoms. The molecule has 6 heteroatoms. The van der Waals surface area contributed by atoms with Crippen LogP contribution in [0, 0.1) is 0 Å². The minimum Gasteiger partial charge on any atom is -0.354 e. The van der Waals surface area contributed by atoms with Gasteiger partial charge < -0.3 is 10.2 Å². The van der Waals surface area contributed by atoms with Crippen molar-refractivity contribution in [2.75, 3.05) is 6.54 Å². The van der Waals surface area contributed by atoms with E-state index in [2.05, 4.69) is 43.4 Å². The Hall–Kier alpha value is -2.82. The number of nitrogens with one attached hydrogen (secondary N) is 1. The third-order valence-electron chi connectivity index (χ3n) is 6.55. The van der Waals surface area contributed by atoms with E-state index in [1.165, 1.54) is 5.56 Å². The molecule has 3 rings (SSSR count). The fourth-order valence-electron chi connectivity index (χ4n) is 4.25. The predicted molar refractivity (Wildman–Crippen MR) is 153 cm³/mol. The largest absolute Gasteiger partial charge is 0.354 e. The summed E-state index contributed by atoms with van der Waals surface area (Å²) in [6.07, 6.45) is 4.09. The molecule has 0 aromatic heterocycles. The van der Waals surface area contributed by atoms with Crippen LogP contribution < -0.4 is 5.32 Å². The summed E-state index contributed by atoms with van der Waals surface area (Å²) >= 11 is 13.0. The summed E-state index contributed by atoms with van der Waals surface area (Å²) in [6, 6.07) is 22.7. The number of unbranched alkanes of at least 4 members (excludes halogenated alkanes) is 1. The second kappa shape index (κ2) is 14.8. The van der Waals surface area contributed by atoms with Crippen molar-refractivity contribution in [2.24, 2.45) is 0 Å². The molecule has 0 saturated heterocycles. The lowest BCUT2D eigenvalue weighted by Crippen LogP contribution is -2.50. The number of hydrogen-bond acceptors (Lipinski definition) is 2. The number of benzene rings is 3. The van der Waals surface area contributed by atoms with Gasteiger partial charge in [-0.2, -0.15) is 0 Å². The molecule has 3 aromatic rings. The number of amides is 2. The van der Waals surface area contributed by atoms with Crippen molar-refractivity contribution in [1.82, 2.24) is 10.2 Å². The van der Waals surface area contributed by atoms with Gasteiger partial charge in [-0.05, 0) is 48.1 Å². The minimum atomic E-state index is -0.693. The van der Waals surface area contributed by atoms with E-state index in [-0.39, 0.29) is 24.8 Å². The van der Waals surface area contributed by atoms with Crippen molar-refractivity contribution >= 4 is 35.0 Å². The highest BCUT2D eigenvalue weighted by Gasteiger charge is 2.31. The van der Waals surface area contributed by atoms with Crippen LogP contribution in [0.5, 0.6) is 0 Å². The Balaban J connectivity index is 1.91. The van der Waals surface area contributed by atoms with Crippen molar-refractivity contribution in [3.05, 3.63) is 105 Å². The molecule has 1 unspecified atom stereocenters. The first kappa shape index (κ1) is 28.7. The van der Waals surface area contributed by atoms with E-state index in [0.29, 0.717) is 35.0 Å². The summed E-state index contributed by atoms with van der Waals surface area (Å²) in [5.41, 5.74) is 3.98. The molecule has 0 aliphatic heterocycles. The zero-order valence-corrected chi connectivity index (χ0v) is 23.2. The van der Waals surface area contributed by atoms with Crippen LogP contribution in [-0.4, -0.2) is 29.3 Å². The van der Waals surface area contributed by atoms with E-state index in [1.807, 2.05) is 30.3 Å². The number of rotatable bonds is 13. The van der Waals surface area contributed by atoms with Crippen molar-refractivity contribution in [1.29, 1.82) is 0 Å². The SMILES string of the molecule is CCCCNC(=O)C(Cc1ccccc1)N(Cc1c(Cl)cccc1Cl)C(=O)CCc1ccc(CC)cc1. The lowest BCUT2D eigenvalue weighted by Gasteiger charge is -2.32. The zero-order valence-electron chi connectivity index (χ0n) is 21.7. The van der Waals surface area contributed by atoms with E-state index in [4.69, 9.17) is 23.2 Å². The lowest BCUT2D eigenvalue weighted by atomic mass is 10.0. The maximum absolute atomic E-state index is 13.8. The number of halogens is 2. The molecule has 0 heterocycles. The Morgan fingerprint density at radius 1 is 0.838 bits per heavy atom. The van der Waals surface area contributed by atoms with Crippen LogP contribution in [0.3, 0.4) is 0 Å². The highest BCUT2D eigenvalue weighted by atomic mass is 35.5. The number of aryl methyl sites for hydroxylation is 2. The maximum atomic E-state index is 13.8. The number of carbonyl (C=O) groups excluding carboxylic acids is 2. The summed E-state index contributed by atoms with van der Waals surface area (Å²) in [5, 5.41) is 4.00. The molecule has 1 N–H and O–H groups in total. The number of nitrogens with zero attached hydrogens (tertiary/aromatic N) is 1. The molecule has 37 heavy (non-hydrogen) atoms. The van der Waals surface area contributed by atoms with Gasteiger partial charge in [0, 0.05) is 41.5 Å². The molecule has 0 aliphatic carbocycles. The highest BCUT2D eigenvalue weighted by Crippen LogP contribution is 2.27. The molecule has 0 aliphatic rings. The molecule has 4 nitrogen and oxygen atoms in total. The molecule has 3 aromatic carbocycles. The molecule has 0 radical (unpaired) electrons. The standard InChI is InChI=1S/C31H36Cl2N2O2/c1-3-5-20-34-31(37)29(21-25-10-7-6-8-11-25)35(22-26-27(32)12-9-13-28(26)33)30(36)19-18-24-16-14-23(4-2)15-17-24/h6-17,29H,3-5,18-22H2,1-2H3,(H,34,37). The lowest BCUT2D eigenvalue weighted by molar-refractivity contribution is -0.141. The van der Waals surface area contributed by atoms with Gasteiger partial charge in [-0.1, -0.05) is 104 Å². The van der Waals surface area contributed by atoms with Crippen LogP contribution in [0.25, 0.3) is 0 Å². The van der Waals surface area contributed by atoms with Crippen LogP contribution in [0.4, 0.5) is 0 Å². The Morgan fingerprint density at radius 2 is 1.49 bits per heavy atom. The van der Waals surface area contributed by atoms with Gasteiger partial charge in [0.2, 0.25) is 11.8 Å². The molecule has 1 atom stereocenters. The second-order valence-corrected chi connectivity index (χ2v) is 10.1. The second-order valence-electron chi connectivity index (χ2n) is 9.24. The summed E-state index contributed by atoms with van der Waals surface area (Å²) in [4.78, 5) is 28.9. The topological polar surface area (TPSA) is 49.4 Å². The third-order valence-corrected chi connectivity index (χ3v) is 7.26. The summed E-state index contributed by atoms with van der Waals surface area (Å²) in [6.45, 7) is 4.93. The molecular formula is C31H36Cl2N2O2. The van der Waals surface area contributed by atoms with Gasteiger partial charge in [0.15, 0.2) is 0 Å². The average Bonchev–Trinajstić information content (AvgIpc) is 2.91. The molecule has 0 spiro atoms. The summed E-state index contributed by atoms with van der Waals surface area (Å²) in [7, 11) is 0. The van der Waals surface area contributed by atoms with Gasteiger partial charge in [0.1, 0.15) is 6.04 Å². The van der Waals surface area contributed by atoms with Crippen LogP contribution >= 0.6 is 23.2 Å². The van der Waals surface area contributed by atoms with Gasteiger partial charge >= 0.3 is 0 Å². The van der Waals surface area contributed by atoms with Gasteiger partial charge in [-0.3, -0.25) is 9.59 Å². The average molecular weight is 540 g/mol. The Bertz CT molecular complexity index is 1130. The predicted octanol–water partition coefficient (Wildman–Crippen LogP) is 7.04. The first-order valence-corrected chi connectivity index (χ1v) is 13.8. The fraction of sp³-hybridized carbons (Fsp3) is 0.355. The zero-order chi connectivity index (χ0) is 26.6. The van der Waals surface area contributed by atoms with Crippen molar-refractivity contribution in [2.45, 2.75) is 65.0 Å². The van der Waals surface area contributed by atoms with Gasteiger partial charge in [-0.15, -0.1) is 0 Å². The first-order chi connectivity index (χ1) is 17.9. The van der Waals surface area contributed by atoms with E-state index in [9.17, 15) is 9.59 Å². The Labute approximate surface area is 231 Å². The molecular weight excluding hydrogens is 503 g/mol. The van der Waals surface area contributed by atoms with Crippen LogP contribution in [0.1, 0.15) is 55.4 Å². The maximum Gasteiger partial charge on any atom is 0.243 e. The molecule has 2 amide bonds. The fourth-order valence-corrected chi connectivity index (χ4v) is 4.77. The van der Waals surface area contributed by atoms with E-state index < -0.39 is 6.04 Å². The normalized spacial score (nSPS) is 11.7. The van der Waals surface area contributed by atoms with Crippen molar-refractivity contribution in [3.63, 3.8) is 0 Å². The van der Waals surface area contributed by atoms with Crippen LogP contribution in [0.15, 0.2) is 72.8 Å². The smallest absolute Gasteiger partial charge is 0.243 e. The highest BCUT2D eigenvalue weighted by molar-refractivity contribution is 6.36. The summed E-state index contributed by atoms with van der Waals surface area (Å²) in [5.74, 6) is -0.275. The third kappa shape index (κ3) is 8.62. The Morgan fingerprint density at radius 3 is 2.11 bits per heavy atom. The summed E-state index contributed by atoms with van der Waals surface area (Å²) < 4.78 is 0. The molecule has 0 saturated carbocycles. The number of hydrogen-bond donors (Lipinski definition) is 1. The van der Waals surface area contributed by atoms with Gasteiger partial charge in [0.25, 0.3) is 0 Å². The van der Waals surface area contributed by atoms with Crippen LogP contribution in [-0.2, 0) is 35.4 Å². The minimum absolute atomic E-state index is 0.109. The monoisotopic (exact) mass is 538 g/mol.